The highest BCUT2D eigenvalue weighted by Crippen LogP contribution is 2.18. The van der Waals surface area contributed by atoms with Crippen LogP contribution in [0.1, 0.15) is 33.2 Å². The third-order valence-electron chi connectivity index (χ3n) is 3.10. The highest BCUT2D eigenvalue weighted by atomic mass is 19.1. The van der Waals surface area contributed by atoms with Crippen molar-refractivity contribution in [3.63, 3.8) is 0 Å². The van der Waals surface area contributed by atoms with Gasteiger partial charge in [-0.2, -0.15) is 0 Å². The van der Waals surface area contributed by atoms with Crippen molar-refractivity contribution in [1.82, 2.24) is 0 Å². The van der Waals surface area contributed by atoms with Crippen LogP contribution in [0.4, 0.5) is 10.1 Å². The number of carbonyl (C=O) groups is 2. The summed E-state index contributed by atoms with van der Waals surface area (Å²) in [7, 11) is 0. The van der Waals surface area contributed by atoms with Gasteiger partial charge in [-0.1, -0.05) is 25.1 Å². The van der Waals surface area contributed by atoms with Crippen LogP contribution >= 0.6 is 0 Å². The van der Waals surface area contributed by atoms with Crippen LogP contribution in [-0.4, -0.2) is 17.0 Å². The van der Waals surface area contributed by atoms with E-state index in [0.29, 0.717) is 12.0 Å². The number of carboxylic acid groups (broad SMARTS) is 1. The summed E-state index contributed by atoms with van der Waals surface area (Å²) in [6.07, 6.45) is 0.668. The average Bonchev–Trinajstić information content (AvgIpc) is 2.49. The van der Waals surface area contributed by atoms with E-state index in [0.717, 1.165) is 23.8 Å². The molecule has 0 bridgehead atoms. The molecular formula is C16H14FNO3. The standard InChI is InChI=1S/C16H14FNO3/c1-2-10-5-3-4-6-12(10)15(19)18-14-9-11(16(20)21)7-8-13(14)17/h3-9H,2H2,1H3,(H,18,19)(H,20,21). The molecule has 2 N–H and O–H groups in total. The van der Waals surface area contributed by atoms with E-state index in [-0.39, 0.29) is 11.3 Å². The van der Waals surface area contributed by atoms with Crippen molar-refractivity contribution in [2.24, 2.45) is 0 Å². The molecule has 2 aromatic carbocycles. The SMILES string of the molecule is CCc1ccccc1C(=O)Nc1cc(C(=O)O)ccc1F. The Bertz CT molecular complexity index is 698. The van der Waals surface area contributed by atoms with Crippen LogP contribution in [0.2, 0.25) is 0 Å². The van der Waals surface area contributed by atoms with Gasteiger partial charge in [-0.3, -0.25) is 4.79 Å². The number of hydrogen-bond donors (Lipinski definition) is 2. The first-order chi connectivity index (χ1) is 10.0. The molecule has 0 aliphatic carbocycles. The third kappa shape index (κ3) is 3.25. The minimum absolute atomic E-state index is 0.0875. The summed E-state index contributed by atoms with van der Waals surface area (Å²) in [6, 6.07) is 10.3. The number of aryl methyl sites for hydroxylation is 1. The maximum Gasteiger partial charge on any atom is 0.335 e. The van der Waals surface area contributed by atoms with Crippen LogP contribution in [0.15, 0.2) is 42.5 Å². The molecule has 21 heavy (non-hydrogen) atoms. The summed E-state index contributed by atoms with van der Waals surface area (Å²) in [5.41, 5.74) is 1.05. The van der Waals surface area contributed by atoms with Gasteiger partial charge in [0.25, 0.3) is 5.91 Å². The average molecular weight is 287 g/mol. The molecule has 108 valence electrons. The van der Waals surface area contributed by atoms with Gasteiger partial charge in [0.1, 0.15) is 5.82 Å². The van der Waals surface area contributed by atoms with Gasteiger partial charge in [-0.05, 0) is 36.2 Å². The number of halogens is 1. The van der Waals surface area contributed by atoms with Crippen LogP contribution in [0, 0.1) is 5.82 Å². The van der Waals surface area contributed by atoms with Crippen LogP contribution in [-0.2, 0) is 6.42 Å². The molecule has 0 unspecified atom stereocenters. The van der Waals surface area contributed by atoms with Gasteiger partial charge in [0.15, 0.2) is 0 Å². The van der Waals surface area contributed by atoms with E-state index in [1.54, 1.807) is 12.1 Å². The predicted molar refractivity (Wildman–Crippen MR) is 77.1 cm³/mol. The minimum atomic E-state index is -1.18. The van der Waals surface area contributed by atoms with Gasteiger partial charge >= 0.3 is 5.97 Å². The number of benzene rings is 2. The molecule has 0 aliphatic heterocycles. The van der Waals surface area contributed by atoms with Crippen molar-refractivity contribution in [3.05, 3.63) is 65.0 Å². The number of anilines is 1. The minimum Gasteiger partial charge on any atom is -0.478 e. The molecule has 0 heterocycles. The summed E-state index contributed by atoms with van der Waals surface area (Å²) in [5, 5.41) is 11.3. The van der Waals surface area contributed by atoms with Crippen LogP contribution in [0.25, 0.3) is 0 Å². The fraction of sp³-hybridized carbons (Fsp3) is 0.125. The number of nitrogens with one attached hydrogen (secondary N) is 1. The van der Waals surface area contributed by atoms with Crippen molar-refractivity contribution in [1.29, 1.82) is 0 Å². The summed E-state index contributed by atoms with van der Waals surface area (Å²) >= 11 is 0. The second-order valence-corrected chi connectivity index (χ2v) is 4.46. The molecule has 0 aromatic heterocycles. The Kier molecular flexibility index (Phi) is 4.33. The molecule has 0 saturated heterocycles. The van der Waals surface area contributed by atoms with Crippen LogP contribution in [0.3, 0.4) is 0 Å². The highest BCUT2D eigenvalue weighted by Gasteiger charge is 2.14. The van der Waals surface area contributed by atoms with Crippen molar-refractivity contribution in [2.75, 3.05) is 5.32 Å². The Labute approximate surface area is 121 Å². The molecule has 4 nitrogen and oxygen atoms in total. The van der Waals surface area contributed by atoms with E-state index >= 15 is 0 Å². The lowest BCUT2D eigenvalue weighted by atomic mass is 10.0. The van der Waals surface area contributed by atoms with E-state index in [1.165, 1.54) is 0 Å². The van der Waals surface area contributed by atoms with Crippen molar-refractivity contribution in [3.8, 4) is 0 Å². The molecule has 2 rings (SSSR count). The first kappa shape index (κ1) is 14.7. The number of amides is 1. The fourth-order valence-electron chi connectivity index (χ4n) is 1.99. The smallest absolute Gasteiger partial charge is 0.335 e. The number of carbonyl (C=O) groups excluding carboxylic acids is 1. The zero-order valence-electron chi connectivity index (χ0n) is 11.4. The zero-order valence-corrected chi connectivity index (χ0v) is 11.4. The Morgan fingerprint density at radius 1 is 1.19 bits per heavy atom. The van der Waals surface area contributed by atoms with Gasteiger partial charge in [-0.25, -0.2) is 9.18 Å². The Morgan fingerprint density at radius 3 is 2.57 bits per heavy atom. The fourth-order valence-corrected chi connectivity index (χ4v) is 1.99. The lowest BCUT2D eigenvalue weighted by Gasteiger charge is -2.10. The third-order valence-corrected chi connectivity index (χ3v) is 3.10. The first-order valence-corrected chi connectivity index (χ1v) is 6.45. The topological polar surface area (TPSA) is 66.4 Å². The first-order valence-electron chi connectivity index (χ1n) is 6.45. The molecule has 0 saturated carbocycles. The Morgan fingerprint density at radius 2 is 1.90 bits per heavy atom. The Balaban J connectivity index is 2.31. The quantitative estimate of drug-likeness (QED) is 0.906. The van der Waals surface area contributed by atoms with Gasteiger partial charge in [0.2, 0.25) is 0 Å². The lowest BCUT2D eigenvalue weighted by molar-refractivity contribution is 0.0696. The number of rotatable bonds is 4. The largest absolute Gasteiger partial charge is 0.478 e. The molecule has 0 aliphatic rings. The van der Waals surface area contributed by atoms with Crippen molar-refractivity contribution >= 4 is 17.6 Å². The summed E-state index contributed by atoms with van der Waals surface area (Å²) in [4.78, 5) is 23.1. The van der Waals surface area contributed by atoms with E-state index < -0.39 is 17.7 Å². The second-order valence-electron chi connectivity index (χ2n) is 4.46. The predicted octanol–water partition coefficient (Wildman–Crippen LogP) is 3.34. The molecule has 5 heteroatoms. The van der Waals surface area contributed by atoms with Crippen molar-refractivity contribution < 1.29 is 19.1 Å². The van der Waals surface area contributed by atoms with E-state index in [9.17, 15) is 14.0 Å². The van der Waals surface area contributed by atoms with E-state index in [2.05, 4.69) is 5.32 Å². The monoisotopic (exact) mass is 287 g/mol. The summed E-state index contributed by atoms with van der Waals surface area (Å²) in [6.45, 7) is 1.91. The van der Waals surface area contributed by atoms with Gasteiger partial charge in [0, 0.05) is 5.56 Å². The van der Waals surface area contributed by atoms with Gasteiger partial charge in [0.05, 0.1) is 11.3 Å². The molecule has 0 atom stereocenters. The molecule has 0 radical (unpaired) electrons. The molecule has 0 spiro atoms. The number of hydrogen-bond acceptors (Lipinski definition) is 2. The maximum absolute atomic E-state index is 13.7. The number of aromatic carboxylic acids is 1. The van der Waals surface area contributed by atoms with E-state index in [1.807, 2.05) is 19.1 Å². The van der Waals surface area contributed by atoms with E-state index in [4.69, 9.17) is 5.11 Å². The maximum atomic E-state index is 13.7. The van der Waals surface area contributed by atoms with Gasteiger partial charge in [-0.15, -0.1) is 0 Å². The van der Waals surface area contributed by atoms with Crippen molar-refractivity contribution in [2.45, 2.75) is 13.3 Å². The van der Waals surface area contributed by atoms with Gasteiger partial charge < -0.3 is 10.4 Å². The zero-order chi connectivity index (χ0) is 15.4. The van der Waals surface area contributed by atoms with Crippen LogP contribution < -0.4 is 5.32 Å². The normalized spacial score (nSPS) is 10.2. The lowest BCUT2D eigenvalue weighted by Crippen LogP contribution is -2.15. The highest BCUT2D eigenvalue weighted by molar-refractivity contribution is 6.05. The second kappa shape index (κ2) is 6.17. The molecule has 0 fully saturated rings. The number of carboxylic acids is 1. The Hall–Kier alpha value is -2.69. The molecule has 2 aromatic rings. The summed E-state index contributed by atoms with van der Waals surface area (Å²) < 4.78 is 13.7. The van der Waals surface area contributed by atoms with Crippen LogP contribution in [0.5, 0.6) is 0 Å². The molecular weight excluding hydrogens is 273 g/mol. The molecule has 1 amide bonds. The summed E-state index contributed by atoms with van der Waals surface area (Å²) in [5.74, 6) is -2.32.